The molecule has 3 N–H and O–H groups in total. The molecule has 0 spiro atoms. The van der Waals surface area contributed by atoms with Crippen molar-refractivity contribution in [1.29, 1.82) is 0 Å². The highest BCUT2D eigenvalue weighted by Crippen LogP contribution is 2.25. The van der Waals surface area contributed by atoms with Gasteiger partial charge in [-0.05, 0) is 63.3 Å². The van der Waals surface area contributed by atoms with Gasteiger partial charge in [-0.15, -0.1) is 24.0 Å². The predicted molar refractivity (Wildman–Crippen MR) is 146 cm³/mol. The molecular formula is C25H39IN6O. The van der Waals surface area contributed by atoms with Crippen LogP contribution in [0.5, 0.6) is 0 Å². The Balaban J connectivity index is 0.00000385. The smallest absolute Gasteiger partial charge is 0.227 e. The third kappa shape index (κ3) is 7.72. The van der Waals surface area contributed by atoms with Gasteiger partial charge < -0.3 is 16.0 Å². The van der Waals surface area contributed by atoms with Crippen LogP contribution in [0.1, 0.15) is 61.5 Å². The Morgan fingerprint density at radius 2 is 1.97 bits per heavy atom. The molecule has 0 bridgehead atoms. The number of aryl methyl sites for hydroxylation is 2. The molecule has 0 aliphatic heterocycles. The van der Waals surface area contributed by atoms with Gasteiger partial charge in [-0.25, -0.2) is 0 Å². The Hall–Kier alpha value is -2.10. The zero-order valence-corrected chi connectivity index (χ0v) is 22.9. The van der Waals surface area contributed by atoms with Gasteiger partial charge in [0.25, 0.3) is 0 Å². The van der Waals surface area contributed by atoms with Crippen LogP contribution in [-0.2, 0) is 24.8 Å². The highest BCUT2D eigenvalue weighted by Gasteiger charge is 2.21. The first kappa shape index (κ1) is 27.1. The zero-order chi connectivity index (χ0) is 23.1. The van der Waals surface area contributed by atoms with E-state index in [1.807, 2.05) is 29.9 Å². The molecule has 7 nitrogen and oxygen atoms in total. The summed E-state index contributed by atoms with van der Waals surface area (Å²) in [4.78, 5) is 16.9. The molecule has 1 aliphatic carbocycles. The van der Waals surface area contributed by atoms with Crippen molar-refractivity contribution in [2.24, 2.45) is 18.0 Å². The Labute approximate surface area is 215 Å². The molecule has 33 heavy (non-hydrogen) atoms. The molecule has 1 aromatic heterocycles. The number of hydrogen-bond donors (Lipinski definition) is 3. The minimum absolute atomic E-state index is 0. The van der Waals surface area contributed by atoms with Gasteiger partial charge in [-0.1, -0.05) is 31.4 Å². The summed E-state index contributed by atoms with van der Waals surface area (Å²) < 4.78 is 1.94. The van der Waals surface area contributed by atoms with Crippen LogP contribution in [0.15, 0.2) is 29.3 Å². The highest BCUT2D eigenvalue weighted by molar-refractivity contribution is 14.0. The SMILES string of the molecule is CN=C(NCc1cccc(NC(=O)C2CCCCC2)c1)NC(C)Cc1c(C)nn(C)c1C.I. The average Bonchev–Trinajstić information content (AvgIpc) is 3.03. The number of nitrogens with one attached hydrogen (secondary N) is 3. The van der Waals surface area contributed by atoms with Crippen molar-refractivity contribution >= 4 is 41.5 Å². The van der Waals surface area contributed by atoms with E-state index < -0.39 is 0 Å². The fraction of sp³-hybridized carbons (Fsp3) is 0.560. The number of rotatable bonds is 7. The highest BCUT2D eigenvalue weighted by atomic mass is 127. The van der Waals surface area contributed by atoms with Crippen molar-refractivity contribution < 1.29 is 4.79 Å². The number of amides is 1. The first-order valence-electron chi connectivity index (χ1n) is 11.7. The number of aromatic nitrogens is 2. The molecule has 1 fully saturated rings. The fourth-order valence-corrected chi connectivity index (χ4v) is 4.45. The Morgan fingerprint density at radius 1 is 1.24 bits per heavy atom. The largest absolute Gasteiger partial charge is 0.354 e. The number of nitrogens with zero attached hydrogens (tertiary/aromatic N) is 3. The first-order chi connectivity index (χ1) is 15.4. The lowest BCUT2D eigenvalue weighted by Crippen LogP contribution is -2.42. The number of guanidine groups is 1. The average molecular weight is 567 g/mol. The number of anilines is 1. The van der Waals surface area contributed by atoms with Crippen molar-refractivity contribution in [2.75, 3.05) is 12.4 Å². The maximum Gasteiger partial charge on any atom is 0.227 e. The topological polar surface area (TPSA) is 83.3 Å². The van der Waals surface area contributed by atoms with Gasteiger partial charge in [-0.3, -0.25) is 14.5 Å². The van der Waals surface area contributed by atoms with Crippen LogP contribution in [0.25, 0.3) is 0 Å². The number of hydrogen-bond acceptors (Lipinski definition) is 3. The van der Waals surface area contributed by atoms with Gasteiger partial charge >= 0.3 is 0 Å². The fourth-order valence-electron chi connectivity index (χ4n) is 4.45. The maximum absolute atomic E-state index is 12.6. The predicted octanol–water partition coefficient (Wildman–Crippen LogP) is 4.47. The van der Waals surface area contributed by atoms with E-state index in [1.54, 1.807) is 7.05 Å². The molecule has 3 rings (SSSR count). The molecule has 1 aliphatic rings. The van der Waals surface area contributed by atoms with Gasteiger partial charge in [0.15, 0.2) is 5.96 Å². The van der Waals surface area contributed by atoms with Crippen LogP contribution in [0, 0.1) is 19.8 Å². The summed E-state index contributed by atoms with van der Waals surface area (Å²) in [6.07, 6.45) is 6.46. The molecule has 8 heteroatoms. The quantitative estimate of drug-likeness (QED) is 0.263. The second kappa shape index (κ2) is 13.0. The first-order valence-corrected chi connectivity index (χ1v) is 11.7. The van der Waals surface area contributed by atoms with Crippen LogP contribution in [0.2, 0.25) is 0 Å². The third-order valence-electron chi connectivity index (χ3n) is 6.41. The Morgan fingerprint density at radius 3 is 2.61 bits per heavy atom. The van der Waals surface area contributed by atoms with E-state index in [0.29, 0.717) is 6.54 Å². The van der Waals surface area contributed by atoms with E-state index in [9.17, 15) is 4.79 Å². The third-order valence-corrected chi connectivity index (χ3v) is 6.41. The summed E-state index contributed by atoms with van der Waals surface area (Å²) in [6, 6.07) is 8.25. The van der Waals surface area contributed by atoms with Gasteiger partial charge in [0.05, 0.1) is 5.69 Å². The molecule has 1 unspecified atom stereocenters. The molecule has 1 aromatic carbocycles. The number of benzene rings is 1. The minimum atomic E-state index is 0. The summed E-state index contributed by atoms with van der Waals surface area (Å²) in [7, 11) is 3.76. The van der Waals surface area contributed by atoms with Crippen molar-refractivity contribution in [2.45, 2.75) is 71.9 Å². The van der Waals surface area contributed by atoms with Crippen molar-refractivity contribution in [1.82, 2.24) is 20.4 Å². The minimum Gasteiger partial charge on any atom is -0.354 e. The summed E-state index contributed by atoms with van der Waals surface area (Å²) >= 11 is 0. The molecule has 1 saturated carbocycles. The van der Waals surface area contributed by atoms with Crippen molar-refractivity contribution in [3.63, 3.8) is 0 Å². The lowest BCUT2D eigenvalue weighted by atomic mass is 9.88. The standard InChI is InChI=1S/C25H38N6O.HI/c1-17(14-23-18(2)30-31(5)19(23)3)28-25(26-4)27-16-20-10-9-13-22(15-20)29-24(32)21-11-7-6-8-12-21;/h9-10,13,15,17,21H,6-8,11-12,14,16H2,1-5H3,(H,29,32)(H2,26,27,28);1H. The lowest BCUT2D eigenvalue weighted by Gasteiger charge is -2.21. The number of aliphatic imine (C=N–C) groups is 1. The molecule has 0 radical (unpaired) electrons. The maximum atomic E-state index is 12.6. The summed E-state index contributed by atoms with van der Waals surface area (Å²) in [6.45, 7) is 6.95. The monoisotopic (exact) mass is 566 g/mol. The summed E-state index contributed by atoms with van der Waals surface area (Å²) in [5.74, 6) is 1.07. The van der Waals surface area contributed by atoms with Gasteiger partial charge in [0.2, 0.25) is 5.91 Å². The second-order valence-corrected chi connectivity index (χ2v) is 8.97. The lowest BCUT2D eigenvalue weighted by molar-refractivity contribution is -0.120. The molecule has 2 aromatic rings. The Bertz CT molecular complexity index is 948. The molecular weight excluding hydrogens is 527 g/mol. The van der Waals surface area contributed by atoms with Crippen LogP contribution >= 0.6 is 24.0 Å². The van der Waals surface area contributed by atoms with Gasteiger partial charge in [-0.2, -0.15) is 5.10 Å². The molecule has 1 atom stereocenters. The van der Waals surface area contributed by atoms with E-state index in [4.69, 9.17) is 0 Å². The number of halogens is 1. The summed E-state index contributed by atoms with van der Waals surface area (Å²) in [5, 5.41) is 14.5. The van der Waals surface area contributed by atoms with E-state index in [2.05, 4.69) is 52.9 Å². The van der Waals surface area contributed by atoms with Crippen molar-refractivity contribution in [3.05, 3.63) is 46.8 Å². The van der Waals surface area contributed by atoms with Crippen molar-refractivity contribution in [3.8, 4) is 0 Å². The van der Waals surface area contributed by atoms with E-state index in [1.165, 1.54) is 17.7 Å². The molecule has 1 amide bonds. The summed E-state index contributed by atoms with van der Waals surface area (Å²) in [5.41, 5.74) is 5.52. The number of carbonyl (C=O) groups is 1. The molecule has 1 heterocycles. The normalized spacial score (nSPS) is 15.5. The van der Waals surface area contributed by atoms with E-state index in [-0.39, 0.29) is 41.8 Å². The van der Waals surface area contributed by atoms with Crippen LogP contribution in [-0.4, -0.2) is 34.7 Å². The molecule has 182 valence electrons. The van der Waals surface area contributed by atoms with Crippen LogP contribution < -0.4 is 16.0 Å². The van der Waals surface area contributed by atoms with Gasteiger partial charge in [0, 0.05) is 44.0 Å². The van der Waals surface area contributed by atoms with Crippen LogP contribution in [0.3, 0.4) is 0 Å². The van der Waals surface area contributed by atoms with E-state index >= 15 is 0 Å². The zero-order valence-electron chi connectivity index (χ0n) is 20.6. The Kier molecular flexibility index (Phi) is 10.7. The molecule has 0 saturated heterocycles. The van der Waals surface area contributed by atoms with Crippen LogP contribution in [0.4, 0.5) is 5.69 Å². The van der Waals surface area contributed by atoms with Gasteiger partial charge in [0.1, 0.15) is 0 Å². The number of carbonyl (C=O) groups excluding carboxylic acids is 1. The van der Waals surface area contributed by atoms with E-state index in [0.717, 1.165) is 55.0 Å². The second-order valence-electron chi connectivity index (χ2n) is 8.97.